The van der Waals surface area contributed by atoms with Crippen LogP contribution < -0.4 is 0 Å². The summed E-state index contributed by atoms with van der Waals surface area (Å²) in [7, 11) is 0. The molecule has 0 aliphatic heterocycles. The normalized spacial score (nSPS) is 16.8. The summed E-state index contributed by atoms with van der Waals surface area (Å²) < 4.78 is 10.5. The largest absolute Gasteiger partial charge is 0.462 e. The third-order valence-electron chi connectivity index (χ3n) is 2.90. The molecule has 1 aliphatic rings. The Kier molecular flexibility index (Phi) is 5.58. The van der Waals surface area contributed by atoms with Gasteiger partial charge < -0.3 is 9.47 Å². The lowest BCUT2D eigenvalue weighted by molar-refractivity contribution is -0.155. The van der Waals surface area contributed by atoms with E-state index in [0.29, 0.717) is 0 Å². The van der Waals surface area contributed by atoms with Crippen molar-refractivity contribution in [3.05, 3.63) is 12.2 Å². The molecule has 1 fully saturated rings. The van der Waals surface area contributed by atoms with Gasteiger partial charge in [-0.25, -0.2) is 4.79 Å². The lowest BCUT2D eigenvalue weighted by Crippen LogP contribution is -2.26. The van der Waals surface area contributed by atoms with Crippen LogP contribution in [-0.2, 0) is 19.1 Å². The van der Waals surface area contributed by atoms with Crippen LogP contribution in [0.25, 0.3) is 0 Å². The van der Waals surface area contributed by atoms with Crippen molar-refractivity contribution in [2.24, 2.45) is 0 Å². The molecule has 0 aromatic heterocycles. The molecule has 1 saturated carbocycles. The topological polar surface area (TPSA) is 52.6 Å². The molecule has 1 aliphatic carbocycles. The summed E-state index contributed by atoms with van der Waals surface area (Å²) in [4.78, 5) is 23.4. The molecule has 0 unspecified atom stereocenters. The Hall–Kier alpha value is -1.32. The zero-order chi connectivity index (χ0) is 14.5. The SMILES string of the molecule is C=C(CC(=O)OC1CCCCC1)C(=O)OC(C)(C)C. The maximum absolute atomic E-state index is 11.7. The number of hydrogen-bond donors (Lipinski definition) is 0. The molecular weight excluding hydrogens is 244 g/mol. The number of carbonyl (C=O) groups is 2. The van der Waals surface area contributed by atoms with Crippen molar-refractivity contribution < 1.29 is 19.1 Å². The van der Waals surface area contributed by atoms with Gasteiger partial charge in [0.2, 0.25) is 0 Å². The Bertz CT molecular complexity index is 346. The van der Waals surface area contributed by atoms with E-state index in [2.05, 4.69) is 6.58 Å². The highest BCUT2D eigenvalue weighted by Gasteiger charge is 2.23. The zero-order valence-electron chi connectivity index (χ0n) is 12.2. The van der Waals surface area contributed by atoms with Gasteiger partial charge in [-0.2, -0.15) is 0 Å². The molecule has 4 heteroatoms. The Morgan fingerprint density at radius 3 is 2.26 bits per heavy atom. The van der Waals surface area contributed by atoms with E-state index in [1.807, 2.05) is 0 Å². The Balaban J connectivity index is 2.34. The molecule has 0 aromatic carbocycles. The Morgan fingerprint density at radius 1 is 1.16 bits per heavy atom. The second kappa shape index (κ2) is 6.73. The zero-order valence-corrected chi connectivity index (χ0v) is 12.2. The molecule has 0 radical (unpaired) electrons. The summed E-state index contributed by atoms with van der Waals surface area (Å²) in [6, 6.07) is 0. The lowest BCUT2D eigenvalue weighted by atomic mass is 9.98. The van der Waals surface area contributed by atoms with Crippen LogP contribution in [0.3, 0.4) is 0 Å². The lowest BCUT2D eigenvalue weighted by Gasteiger charge is -2.22. The van der Waals surface area contributed by atoms with Crippen molar-refractivity contribution in [1.82, 2.24) is 0 Å². The average molecular weight is 268 g/mol. The highest BCUT2D eigenvalue weighted by atomic mass is 16.6. The summed E-state index contributed by atoms with van der Waals surface area (Å²) in [5.74, 6) is -0.921. The molecule has 19 heavy (non-hydrogen) atoms. The number of hydrogen-bond acceptors (Lipinski definition) is 4. The number of esters is 2. The van der Waals surface area contributed by atoms with Crippen LogP contribution >= 0.6 is 0 Å². The molecule has 108 valence electrons. The maximum atomic E-state index is 11.7. The van der Waals surface area contributed by atoms with E-state index in [4.69, 9.17) is 9.47 Å². The first kappa shape index (κ1) is 15.7. The average Bonchev–Trinajstić information content (AvgIpc) is 2.27. The fourth-order valence-corrected chi connectivity index (χ4v) is 2.01. The number of rotatable bonds is 4. The van der Waals surface area contributed by atoms with E-state index in [1.54, 1.807) is 20.8 Å². The molecule has 4 nitrogen and oxygen atoms in total. The number of carbonyl (C=O) groups excluding carboxylic acids is 2. The fraction of sp³-hybridized carbons (Fsp3) is 0.733. The van der Waals surface area contributed by atoms with Crippen LogP contribution in [0.4, 0.5) is 0 Å². The number of ether oxygens (including phenoxy) is 2. The second-order valence-electron chi connectivity index (χ2n) is 6.03. The summed E-state index contributed by atoms with van der Waals surface area (Å²) in [6.07, 6.45) is 5.17. The molecule has 0 atom stereocenters. The first-order chi connectivity index (χ1) is 8.78. The molecule has 0 amide bonds. The van der Waals surface area contributed by atoms with Gasteiger partial charge in [0.1, 0.15) is 11.7 Å². The van der Waals surface area contributed by atoms with Crippen LogP contribution in [0.15, 0.2) is 12.2 Å². The third kappa shape index (κ3) is 6.41. The van der Waals surface area contributed by atoms with Crippen molar-refractivity contribution in [2.45, 2.75) is 71.0 Å². The minimum Gasteiger partial charge on any atom is -0.462 e. The molecule has 0 saturated heterocycles. The summed E-state index contributed by atoms with van der Waals surface area (Å²) in [5, 5.41) is 0. The van der Waals surface area contributed by atoms with Crippen LogP contribution in [0.5, 0.6) is 0 Å². The highest BCUT2D eigenvalue weighted by Crippen LogP contribution is 2.21. The van der Waals surface area contributed by atoms with Crippen molar-refractivity contribution in [3.8, 4) is 0 Å². The van der Waals surface area contributed by atoms with E-state index in [0.717, 1.165) is 25.7 Å². The van der Waals surface area contributed by atoms with Crippen LogP contribution in [0.2, 0.25) is 0 Å². The van der Waals surface area contributed by atoms with E-state index < -0.39 is 11.6 Å². The minimum atomic E-state index is -0.576. The molecule has 0 spiro atoms. The minimum absolute atomic E-state index is 0.00712. The first-order valence-electron chi connectivity index (χ1n) is 6.88. The predicted molar refractivity (Wildman–Crippen MR) is 72.6 cm³/mol. The van der Waals surface area contributed by atoms with Crippen LogP contribution in [-0.4, -0.2) is 23.6 Å². The van der Waals surface area contributed by atoms with Crippen molar-refractivity contribution in [1.29, 1.82) is 0 Å². The monoisotopic (exact) mass is 268 g/mol. The standard InChI is InChI=1S/C15H24O4/c1-11(14(17)19-15(2,3)4)10-13(16)18-12-8-6-5-7-9-12/h12H,1,5-10H2,2-4H3. The predicted octanol–water partition coefficient (Wildman–Crippen LogP) is 3.15. The van der Waals surface area contributed by atoms with Gasteiger partial charge in [-0.3, -0.25) is 4.79 Å². The van der Waals surface area contributed by atoms with E-state index in [1.165, 1.54) is 6.42 Å². The smallest absolute Gasteiger partial charge is 0.334 e. The van der Waals surface area contributed by atoms with Crippen LogP contribution in [0, 0.1) is 0 Å². The highest BCUT2D eigenvalue weighted by molar-refractivity contribution is 5.93. The molecular formula is C15H24O4. The summed E-state index contributed by atoms with van der Waals surface area (Å²) in [6.45, 7) is 8.93. The molecule has 0 N–H and O–H groups in total. The second-order valence-corrected chi connectivity index (χ2v) is 6.03. The third-order valence-corrected chi connectivity index (χ3v) is 2.90. The van der Waals surface area contributed by atoms with Gasteiger partial charge in [0.05, 0.1) is 6.42 Å². The summed E-state index contributed by atoms with van der Waals surface area (Å²) in [5.41, 5.74) is -0.427. The van der Waals surface area contributed by atoms with Crippen LogP contribution in [0.1, 0.15) is 59.3 Å². The van der Waals surface area contributed by atoms with E-state index >= 15 is 0 Å². The van der Waals surface area contributed by atoms with Gasteiger partial charge in [0, 0.05) is 5.57 Å². The van der Waals surface area contributed by atoms with Gasteiger partial charge in [0.15, 0.2) is 0 Å². The Morgan fingerprint density at radius 2 is 1.74 bits per heavy atom. The summed E-state index contributed by atoms with van der Waals surface area (Å²) >= 11 is 0. The van der Waals surface area contributed by atoms with Gasteiger partial charge in [-0.1, -0.05) is 13.0 Å². The van der Waals surface area contributed by atoms with Gasteiger partial charge >= 0.3 is 11.9 Å². The van der Waals surface area contributed by atoms with Gasteiger partial charge in [-0.15, -0.1) is 0 Å². The molecule has 0 bridgehead atoms. The van der Waals surface area contributed by atoms with Crippen molar-refractivity contribution in [3.63, 3.8) is 0 Å². The molecule has 0 heterocycles. The molecule has 1 rings (SSSR count). The Labute approximate surface area is 115 Å². The quantitative estimate of drug-likeness (QED) is 0.580. The van der Waals surface area contributed by atoms with Crippen molar-refractivity contribution >= 4 is 11.9 Å². The fourth-order valence-electron chi connectivity index (χ4n) is 2.01. The van der Waals surface area contributed by atoms with Gasteiger partial charge in [-0.05, 0) is 46.5 Å². The first-order valence-corrected chi connectivity index (χ1v) is 6.88. The molecule has 0 aromatic rings. The van der Waals surface area contributed by atoms with Gasteiger partial charge in [0.25, 0.3) is 0 Å². The van der Waals surface area contributed by atoms with Crippen molar-refractivity contribution in [2.75, 3.05) is 0 Å². The maximum Gasteiger partial charge on any atom is 0.334 e. The van der Waals surface area contributed by atoms with E-state index in [9.17, 15) is 9.59 Å². The van der Waals surface area contributed by atoms with E-state index in [-0.39, 0.29) is 24.1 Å².